The first kappa shape index (κ1) is 63.7. The van der Waals surface area contributed by atoms with E-state index in [1.807, 2.05) is 21.1 Å². The summed E-state index contributed by atoms with van der Waals surface area (Å²) in [5, 5.41) is 0. The van der Waals surface area contributed by atoms with E-state index in [0.29, 0.717) is 17.4 Å². The second-order valence-corrected chi connectivity index (χ2v) is 20.6. The molecule has 0 aliphatic carbocycles. The summed E-state index contributed by atoms with van der Waals surface area (Å²) in [6.45, 7) is 4.08. The molecule has 0 saturated carbocycles. The summed E-state index contributed by atoms with van der Waals surface area (Å²) in [7, 11) is 1.14. The number of phosphoric ester groups is 1. The van der Waals surface area contributed by atoms with Gasteiger partial charge in [-0.2, -0.15) is 0 Å². The number of hydrogen-bond donors (Lipinski definition) is 0. The topological polar surface area (TPSA) is 111 Å². The standard InChI is InChI=1S/C56H102NO8P/c1-6-8-10-12-14-16-18-20-21-22-23-24-25-26-27-28-29-30-31-32-33-34-35-37-38-40-42-44-46-48-55(58)62-52-54(53-64-66(60,61)63-51-50-57(3,4)5)65-56(59)49-47-45-43-41-39-36-19-17-15-13-11-9-7-2/h9,11,15,17-18,20,22-23,36,39,54H,6-8,10,12-14,16,19,21,24-35,37-38,40-53H2,1-5H3/b11-9-,17-15-,20-18-,23-22-,39-36-. The predicted molar refractivity (Wildman–Crippen MR) is 277 cm³/mol. The average Bonchev–Trinajstić information content (AvgIpc) is 3.27. The van der Waals surface area contributed by atoms with E-state index in [1.165, 1.54) is 135 Å². The molecule has 0 saturated heterocycles. The van der Waals surface area contributed by atoms with Gasteiger partial charge in [0.15, 0.2) is 6.10 Å². The minimum absolute atomic E-state index is 0.0379. The Morgan fingerprint density at radius 2 is 0.864 bits per heavy atom. The van der Waals surface area contributed by atoms with Gasteiger partial charge in [0, 0.05) is 12.8 Å². The van der Waals surface area contributed by atoms with E-state index in [2.05, 4.69) is 74.6 Å². The molecule has 0 N–H and O–H groups in total. The maximum Gasteiger partial charge on any atom is 0.306 e. The van der Waals surface area contributed by atoms with Crippen LogP contribution in [0.1, 0.15) is 232 Å². The third kappa shape index (κ3) is 51.1. The highest BCUT2D eigenvalue weighted by atomic mass is 31.2. The van der Waals surface area contributed by atoms with Crippen molar-refractivity contribution in [2.45, 2.75) is 238 Å². The number of phosphoric acid groups is 1. The lowest BCUT2D eigenvalue weighted by atomic mass is 10.0. The van der Waals surface area contributed by atoms with Crippen LogP contribution in [0.3, 0.4) is 0 Å². The number of likely N-dealkylation sites (N-methyl/N-ethyl adjacent to an activating group) is 1. The zero-order valence-electron chi connectivity index (χ0n) is 43.4. The van der Waals surface area contributed by atoms with Crippen molar-refractivity contribution in [2.75, 3.05) is 47.5 Å². The Hall–Kier alpha value is -2.29. The Balaban J connectivity index is 4.08. The van der Waals surface area contributed by atoms with Crippen LogP contribution in [0.5, 0.6) is 0 Å². The van der Waals surface area contributed by atoms with Crippen LogP contribution in [0.25, 0.3) is 0 Å². The van der Waals surface area contributed by atoms with Crippen molar-refractivity contribution in [3.63, 3.8) is 0 Å². The number of carbonyl (C=O) groups excluding carboxylic acids is 2. The molecule has 9 nitrogen and oxygen atoms in total. The van der Waals surface area contributed by atoms with E-state index in [1.54, 1.807) is 0 Å². The van der Waals surface area contributed by atoms with Crippen LogP contribution in [-0.2, 0) is 32.7 Å². The zero-order chi connectivity index (χ0) is 48.5. The van der Waals surface area contributed by atoms with Gasteiger partial charge in [-0.25, -0.2) is 0 Å². The first-order valence-electron chi connectivity index (χ1n) is 27.0. The number of ether oxygens (including phenoxy) is 2. The van der Waals surface area contributed by atoms with Crippen molar-refractivity contribution in [3.8, 4) is 0 Å². The fraction of sp³-hybridized carbons (Fsp3) is 0.786. The highest BCUT2D eigenvalue weighted by Crippen LogP contribution is 2.38. The molecule has 0 fully saturated rings. The maximum absolute atomic E-state index is 12.7. The molecule has 2 unspecified atom stereocenters. The lowest BCUT2D eigenvalue weighted by Gasteiger charge is -2.28. The van der Waals surface area contributed by atoms with E-state index in [-0.39, 0.29) is 26.1 Å². The maximum atomic E-state index is 12.7. The van der Waals surface area contributed by atoms with Gasteiger partial charge >= 0.3 is 11.9 Å². The number of quaternary nitrogens is 1. The normalized spacial score (nSPS) is 13.8. The number of hydrogen-bond acceptors (Lipinski definition) is 8. The van der Waals surface area contributed by atoms with Gasteiger partial charge in [-0.3, -0.25) is 14.2 Å². The third-order valence-corrected chi connectivity index (χ3v) is 12.5. The Labute approximate surface area is 406 Å². The van der Waals surface area contributed by atoms with Crippen molar-refractivity contribution in [3.05, 3.63) is 60.8 Å². The number of esters is 2. The lowest BCUT2D eigenvalue weighted by Crippen LogP contribution is -2.37. The smallest absolute Gasteiger partial charge is 0.306 e. The molecule has 0 rings (SSSR count). The van der Waals surface area contributed by atoms with Crippen LogP contribution < -0.4 is 4.89 Å². The van der Waals surface area contributed by atoms with E-state index in [4.69, 9.17) is 18.5 Å². The molecule has 0 bridgehead atoms. The van der Waals surface area contributed by atoms with Crippen molar-refractivity contribution in [1.82, 2.24) is 0 Å². The van der Waals surface area contributed by atoms with E-state index in [0.717, 1.165) is 64.2 Å². The molecular weight excluding hydrogens is 846 g/mol. The quantitative estimate of drug-likeness (QED) is 0.0195. The van der Waals surface area contributed by atoms with Gasteiger partial charge in [0.25, 0.3) is 7.82 Å². The van der Waals surface area contributed by atoms with E-state index in [9.17, 15) is 19.0 Å². The third-order valence-electron chi connectivity index (χ3n) is 11.5. The molecule has 66 heavy (non-hydrogen) atoms. The van der Waals surface area contributed by atoms with Gasteiger partial charge < -0.3 is 27.9 Å². The van der Waals surface area contributed by atoms with Gasteiger partial charge in [0.1, 0.15) is 19.8 Å². The van der Waals surface area contributed by atoms with Gasteiger partial charge in [-0.15, -0.1) is 0 Å². The highest BCUT2D eigenvalue weighted by Gasteiger charge is 2.21. The zero-order valence-corrected chi connectivity index (χ0v) is 44.3. The number of unbranched alkanes of at least 4 members (excludes halogenated alkanes) is 25. The van der Waals surface area contributed by atoms with Crippen molar-refractivity contribution in [1.29, 1.82) is 0 Å². The Bertz CT molecular complexity index is 1300. The van der Waals surface area contributed by atoms with E-state index >= 15 is 0 Å². The fourth-order valence-corrected chi connectivity index (χ4v) is 8.08. The molecule has 0 radical (unpaired) electrons. The Kier molecular flexibility index (Phi) is 46.1. The number of nitrogens with zero attached hydrogens (tertiary/aromatic N) is 1. The summed E-state index contributed by atoms with van der Waals surface area (Å²) in [6.07, 6.45) is 60.0. The summed E-state index contributed by atoms with van der Waals surface area (Å²) in [6, 6.07) is 0. The SMILES string of the molecule is CC/C=C\C/C=C\C/C=C\CCCCCC(=O)OC(COC(=O)CCCCCCCCCCCCCCCCCCC/C=C\C/C=C\CCCCCCC)COP(=O)([O-])OCC[N+](C)(C)C. The Morgan fingerprint density at radius 1 is 0.485 bits per heavy atom. The van der Waals surface area contributed by atoms with Crippen LogP contribution >= 0.6 is 7.82 Å². The molecular formula is C56H102NO8P. The molecule has 384 valence electrons. The molecule has 10 heteroatoms. The molecule has 0 spiro atoms. The monoisotopic (exact) mass is 948 g/mol. The number of rotatable bonds is 49. The Morgan fingerprint density at radius 3 is 1.30 bits per heavy atom. The van der Waals surface area contributed by atoms with Crippen LogP contribution in [0.15, 0.2) is 60.8 Å². The molecule has 0 amide bonds. The van der Waals surface area contributed by atoms with Gasteiger partial charge in [0.2, 0.25) is 0 Å². The highest BCUT2D eigenvalue weighted by molar-refractivity contribution is 7.45. The summed E-state index contributed by atoms with van der Waals surface area (Å²) < 4.78 is 34.0. The summed E-state index contributed by atoms with van der Waals surface area (Å²) in [5.41, 5.74) is 0. The molecule has 2 atom stereocenters. The lowest BCUT2D eigenvalue weighted by molar-refractivity contribution is -0.870. The molecule has 0 aromatic carbocycles. The van der Waals surface area contributed by atoms with Crippen LogP contribution in [-0.4, -0.2) is 70.0 Å². The molecule has 0 aliphatic heterocycles. The van der Waals surface area contributed by atoms with Gasteiger partial charge in [-0.05, 0) is 77.0 Å². The average molecular weight is 948 g/mol. The summed E-state index contributed by atoms with van der Waals surface area (Å²) in [5.74, 6) is -0.865. The van der Waals surface area contributed by atoms with Crippen molar-refractivity contribution < 1.29 is 42.1 Å². The van der Waals surface area contributed by atoms with Crippen LogP contribution in [0.2, 0.25) is 0 Å². The molecule has 0 aromatic heterocycles. The summed E-state index contributed by atoms with van der Waals surface area (Å²) in [4.78, 5) is 37.7. The van der Waals surface area contributed by atoms with E-state index < -0.39 is 32.5 Å². The molecule has 0 aliphatic rings. The minimum Gasteiger partial charge on any atom is -0.756 e. The second-order valence-electron chi connectivity index (χ2n) is 19.2. The largest absolute Gasteiger partial charge is 0.756 e. The minimum atomic E-state index is -4.64. The first-order valence-corrected chi connectivity index (χ1v) is 28.5. The van der Waals surface area contributed by atoms with Gasteiger partial charge in [0.05, 0.1) is 27.7 Å². The second kappa shape index (κ2) is 47.8. The fourth-order valence-electron chi connectivity index (χ4n) is 7.35. The van der Waals surface area contributed by atoms with Crippen molar-refractivity contribution >= 4 is 19.8 Å². The van der Waals surface area contributed by atoms with Gasteiger partial charge in [-0.1, -0.05) is 203 Å². The number of carbonyl (C=O) groups is 2. The summed E-state index contributed by atoms with van der Waals surface area (Å²) >= 11 is 0. The van der Waals surface area contributed by atoms with Crippen LogP contribution in [0.4, 0.5) is 0 Å². The molecule has 0 aromatic rings. The van der Waals surface area contributed by atoms with Crippen LogP contribution in [0, 0.1) is 0 Å². The number of allylic oxidation sites excluding steroid dienone is 10. The van der Waals surface area contributed by atoms with Crippen molar-refractivity contribution in [2.24, 2.45) is 0 Å². The molecule has 0 heterocycles. The first-order chi connectivity index (χ1) is 32.0. The predicted octanol–water partition coefficient (Wildman–Crippen LogP) is 15.7.